The maximum absolute atomic E-state index is 13.1. The molecule has 0 aromatic heterocycles. The van der Waals surface area contributed by atoms with Gasteiger partial charge in [0.1, 0.15) is 5.82 Å². The van der Waals surface area contributed by atoms with Gasteiger partial charge in [-0.2, -0.15) is 0 Å². The van der Waals surface area contributed by atoms with Crippen LogP contribution in [0.4, 0.5) is 4.39 Å². The maximum Gasteiger partial charge on any atom is 0.240 e. The number of sulfonamides is 1. The van der Waals surface area contributed by atoms with Gasteiger partial charge in [0.15, 0.2) is 0 Å². The average molecular weight is 261 g/mol. The van der Waals surface area contributed by atoms with Gasteiger partial charge in [-0.1, -0.05) is 6.92 Å². The Kier molecular flexibility index (Phi) is 4.62. The standard InChI is InChI=1S/C11H16FNO3S/c1-3-8(2)13-17(15,16)10-4-5-11(12)9(6-10)7-14/h4-6,8,13-14H,3,7H2,1-2H3. The van der Waals surface area contributed by atoms with Crippen LogP contribution < -0.4 is 4.72 Å². The van der Waals surface area contributed by atoms with Gasteiger partial charge in [-0.25, -0.2) is 17.5 Å². The Bertz CT molecular complexity index is 487. The van der Waals surface area contributed by atoms with Gasteiger partial charge < -0.3 is 5.11 Å². The molecule has 1 unspecified atom stereocenters. The fourth-order valence-corrected chi connectivity index (χ4v) is 2.63. The zero-order valence-corrected chi connectivity index (χ0v) is 10.6. The number of hydrogen-bond donors (Lipinski definition) is 2. The summed E-state index contributed by atoms with van der Waals surface area (Å²) < 4.78 is 39.3. The van der Waals surface area contributed by atoms with Crippen LogP contribution in [0, 0.1) is 5.82 Å². The van der Waals surface area contributed by atoms with Crippen molar-refractivity contribution in [1.29, 1.82) is 0 Å². The third-order valence-electron chi connectivity index (χ3n) is 2.47. The Labute approximate surface area is 101 Å². The molecule has 0 aliphatic heterocycles. The zero-order valence-electron chi connectivity index (χ0n) is 9.77. The smallest absolute Gasteiger partial charge is 0.240 e. The maximum atomic E-state index is 13.1. The van der Waals surface area contributed by atoms with E-state index in [1.54, 1.807) is 6.92 Å². The third kappa shape index (κ3) is 3.49. The molecule has 0 radical (unpaired) electrons. The molecule has 0 heterocycles. The van der Waals surface area contributed by atoms with E-state index in [9.17, 15) is 12.8 Å². The highest BCUT2D eigenvalue weighted by atomic mass is 32.2. The van der Waals surface area contributed by atoms with Crippen LogP contribution in [-0.2, 0) is 16.6 Å². The first kappa shape index (κ1) is 14.1. The lowest BCUT2D eigenvalue weighted by atomic mass is 10.2. The minimum atomic E-state index is -3.65. The summed E-state index contributed by atoms with van der Waals surface area (Å²) >= 11 is 0. The second-order valence-corrected chi connectivity index (χ2v) is 5.56. The van der Waals surface area contributed by atoms with Gasteiger partial charge in [-0.15, -0.1) is 0 Å². The molecule has 0 fully saturated rings. The van der Waals surface area contributed by atoms with E-state index in [0.29, 0.717) is 6.42 Å². The Morgan fingerprint density at radius 2 is 2.12 bits per heavy atom. The third-order valence-corrected chi connectivity index (χ3v) is 4.05. The van der Waals surface area contributed by atoms with E-state index < -0.39 is 22.4 Å². The minimum Gasteiger partial charge on any atom is -0.392 e. The molecule has 17 heavy (non-hydrogen) atoms. The highest BCUT2D eigenvalue weighted by Gasteiger charge is 2.17. The molecule has 0 aliphatic rings. The van der Waals surface area contributed by atoms with Crippen molar-refractivity contribution >= 4 is 10.0 Å². The van der Waals surface area contributed by atoms with Gasteiger partial charge in [0, 0.05) is 11.6 Å². The fourth-order valence-electron chi connectivity index (χ4n) is 1.26. The summed E-state index contributed by atoms with van der Waals surface area (Å²) in [6.45, 7) is 3.07. The van der Waals surface area contributed by atoms with Crippen LogP contribution in [0.5, 0.6) is 0 Å². The lowest BCUT2D eigenvalue weighted by molar-refractivity contribution is 0.275. The van der Waals surface area contributed by atoms with Crippen LogP contribution in [0.15, 0.2) is 23.1 Å². The lowest BCUT2D eigenvalue weighted by Gasteiger charge is -2.12. The van der Waals surface area contributed by atoms with E-state index in [0.717, 1.165) is 12.1 Å². The molecular weight excluding hydrogens is 245 g/mol. The van der Waals surface area contributed by atoms with Crippen molar-refractivity contribution in [3.05, 3.63) is 29.6 Å². The number of halogens is 1. The summed E-state index contributed by atoms with van der Waals surface area (Å²) in [6, 6.07) is 3.17. The molecule has 0 saturated carbocycles. The predicted octanol–water partition coefficient (Wildman–Crippen LogP) is 1.39. The normalized spacial score (nSPS) is 13.6. The molecule has 0 bridgehead atoms. The van der Waals surface area contributed by atoms with Crippen LogP contribution in [0.2, 0.25) is 0 Å². The van der Waals surface area contributed by atoms with Crippen LogP contribution in [-0.4, -0.2) is 19.6 Å². The summed E-state index contributed by atoms with van der Waals surface area (Å²) in [5, 5.41) is 8.88. The van der Waals surface area contributed by atoms with Crippen molar-refractivity contribution in [1.82, 2.24) is 4.72 Å². The molecule has 1 rings (SSSR count). The summed E-state index contributed by atoms with van der Waals surface area (Å²) in [6.07, 6.45) is 0.660. The van der Waals surface area contributed by atoms with E-state index in [1.807, 2.05) is 6.92 Å². The average Bonchev–Trinajstić information content (AvgIpc) is 2.28. The second-order valence-electron chi connectivity index (χ2n) is 3.84. The first-order valence-electron chi connectivity index (χ1n) is 5.32. The molecule has 0 spiro atoms. The van der Waals surface area contributed by atoms with Gasteiger partial charge in [-0.05, 0) is 31.5 Å². The Morgan fingerprint density at radius 1 is 1.47 bits per heavy atom. The second kappa shape index (κ2) is 5.57. The first-order chi connectivity index (χ1) is 7.90. The van der Waals surface area contributed by atoms with E-state index in [-0.39, 0.29) is 16.5 Å². The van der Waals surface area contributed by atoms with Gasteiger partial charge in [0.25, 0.3) is 0 Å². The molecule has 4 nitrogen and oxygen atoms in total. The van der Waals surface area contributed by atoms with E-state index in [2.05, 4.69) is 4.72 Å². The largest absolute Gasteiger partial charge is 0.392 e. The Balaban J connectivity index is 3.07. The van der Waals surface area contributed by atoms with Gasteiger partial charge in [0.05, 0.1) is 11.5 Å². The van der Waals surface area contributed by atoms with Crippen molar-refractivity contribution in [3.8, 4) is 0 Å². The highest BCUT2D eigenvalue weighted by molar-refractivity contribution is 7.89. The summed E-state index contributed by atoms with van der Waals surface area (Å²) in [4.78, 5) is -0.0387. The lowest BCUT2D eigenvalue weighted by Crippen LogP contribution is -2.32. The molecule has 96 valence electrons. The molecule has 1 aromatic carbocycles. The monoisotopic (exact) mass is 261 g/mol. The molecular formula is C11H16FNO3S. The fraction of sp³-hybridized carbons (Fsp3) is 0.455. The molecule has 0 saturated heterocycles. The number of aliphatic hydroxyl groups is 1. The van der Waals surface area contributed by atoms with Crippen LogP contribution in [0.1, 0.15) is 25.8 Å². The number of benzene rings is 1. The molecule has 0 amide bonds. The summed E-state index contributed by atoms with van der Waals surface area (Å²) in [7, 11) is -3.65. The molecule has 6 heteroatoms. The number of hydrogen-bond acceptors (Lipinski definition) is 3. The summed E-state index contributed by atoms with van der Waals surface area (Å²) in [5.74, 6) is -0.616. The SMILES string of the molecule is CCC(C)NS(=O)(=O)c1ccc(F)c(CO)c1. The van der Waals surface area contributed by atoms with Crippen molar-refractivity contribution < 1.29 is 17.9 Å². The van der Waals surface area contributed by atoms with E-state index in [1.165, 1.54) is 6.07 Å². The van der Waals surface area contributed by atoms with Gasteiger partial charge in [-0.3, -0.25) is 0 Å². The summed E-state index contributed by atoms with van der Waals surface area (Å²) in [5.41, 5.74) is -0.0305. The van der Waals surface area contributed by atoms with Crippen molar-refractivity contribution in [2.75, 3.05) is 0 Å². The predicted molar refractivity (Wildman–Crippen MR) is 62.4 cm³/mol. The van der Waals surface area contributed by atoms with Gasteiger partial charge >= 0.3 is 0 Å². The molecule has 1 atom stereocenters. The number of aliphatic hydroxyl groups excluding tert-OH is 1. The van der Waals surface area contributed by atoms with Crippen LogP contribution in [0.25, 0.3) is 0 Å². The topological polar surface area (TPSA) is 66.4 Å². The van der Waals surface area contributed by atoms with Crippen molar-refractivity contribution in [2.45, 2.75) is 37.8 Å². The van der Waals surface area contributed by atoms with E-state index in [4.69, 9.17) is 5.11 Å². The number of rotatable bonds is 5. The zero-order chi connectivity index (χ0) is 13.1. The van der Waals surface area contributed by atoms with E-state index >= 15 is 0 Å². The quantitative estimate of drug-likeness (QED) is 0.842. The molecule has 1 aromatic rings. The Morgan fingerprint density at radius 3 is 2.65 bits per heavy atom. The molecule has 2 N–H and O–H groups in total. The first-order valence-corrected chi connectivity index (χ1v) is 6.80. The van der Waals surface area contributed by atoms with Crippen molar-refractivity contribution in [2.24, 2.45) is 0 Å². The highest BCUT2D eigenvalue weighted by Crippen LogP contribution is 2.15. The molecule has 0 aliphatic carbocycles. The van der Waals surface area contributed by atoms with Crippen LogP contribution in [0.3, 0.4) is 0 Å². The van der Waals surface area contributed by atoms with Crippen molar-refractivity contribution in [3.63, 3.8) is 0 Å². The Hall–Kier alpha value is -0.980. The minimum absolute atomic E-state index is 0.0305. The number of nitrogens with one attached hydrogen (secondary N) is 1. The van der Waals surface area contributed by atoms with Crippen LogP contribution >= 0.6 is 0 Å². The van der Waals surface area contributed by atoms with Gasteiger partial charge in [0.2, 0.25) is 10.0 Å².